The second-order valence-electron chi connectivity index (χ2n) is 5.58. The molecule has 1 N–H and O–H groups in total. The smallest absolute Gasteiger partial charge is 0.257 e. The van der Waals surface area contributed by atoms with Gasteiger partial charge in [0.15, 0.2) is 0 Å². The first-order valence-electron chi connectivity index (χ1n) is 7.43. The largest absolute Gasteiger partial charge is 0.322 e. The second-order valence-corrected chi connectivity index (χ2v) is 5.58. The molecule has 1 amide bonds. The van der Waals surface area contributed by atoms with E-state index in [0.717, 1.165) is 12.1 Å². The van der Waals surface area contributed by atoms with Crippen LogP contribution in [0.15, 0.2) is 48.8 Å². The highest BCUT2D eigenvalue weighted by atomic mass is 16.1. The van der Waals surface area contributed by atoms with E-state index in [9.17, 15) is 4.79 Å². The van der Waals surface area contributed by atoms with E-state index in [0.29, 0.717) is 17.4 Å². The summed E-state index contributed by atoms with van der Waals surface area (Å²) >= 11 is 0. The van der Waals surface area contributed by atoms with Crippen LogP contribution < -0.4 is 5.32 Å². The normalized spacial score (nSPS) is 12.2. The topological polar surface area (TPSA) is 42.0 Å². The van der Waals surface area contributed by atoms with Crippen molar-refractivity contribution >= 4 is 11.6 Å². The van der Waals surface area contributed by atoms with Crippen molar-refractivity contribution in [3.63, 3.8) is 0 Å². The number of amides is 1. The lowest BCUT2D eigenvalue weighted by Crippen LogP contribution is -2.13. The van der Waals surface area contributed by atoms with Gasteiger partial charge in [-0.05, 0) is 48.1 Å². The van der Waals surface area contributed by atoms with Gasteiger partial charge in [0.25, 0.3) is 5.91 Å². The average molecular weight is 282 g/mol. The van der Waals surface area contributed by atoms with E-state index in [1.54, 1.807) is 24.5 Å². The van der Waals surface area contributed by atoms with E-state index in [4.69, 9.17) is 0 Å². The molecule has 1 heterocycles. The molecule has 0 spiro atoms. The zero-order valence-electron chi connectivity index (χ0n) is 12.8. The Balaban J connectivity index is 2.16. The van der Waals surface area contributed by atoms with Gasteiger partial charge in [0, 0.05) is 18.1 Å². The monoisotopic (exact) mass is 282 g/mol. The van der Waals surface area contributed by atoms with Crippen molar-refractivity contribution in [3.8, 4) is 0 Å². The number of carbonyl (C=O) groups excluding carboxylic acids is 1. The molecule has 0 aliphatic carbocycles. The Hall–Kier alpha value is -2.16. The molecule has 0 saturated heterocycles. The molecule has 0 saturated carbocycles. The fourth-order valence-corrected chi connectivity index (χ4v) is 2.64. The van der Waals surface area contributed by atoms with Gasteiger partial charge < -0.3 is 5.32 Å². The summed E-state index contributed by atoms with van der Waals surface area (Å²) in [6.07, 6.45) is 4.33. The summed E-state index contributed by atoms with van der Waals surface area (Å²) in [4.78, 5) is 16.1. The van der Waals surface area contributed by atoms with Crippen LogP contribution >= 0.6 is 0 Å². The molecule has 1 aromatic heterocycles. The van der Waals surface area contributed by atoms with Crippen LogP contribution in [0.4, 0.5) is 5.69 Å². The molecule has 3 nitrogen and oxygen atoms in total. The quantitative estimate of drug-likeness (QED) is 0.878. The Morgan fingerprint density at radius 3 is 2.67 bits per heavy atom. The van der Waals surface area contributed by atoms with Gasteiger partial charge in [-0.15, -0.1) is 0 Å². The highest BCUT2D eigenvalue weighted by Gasteiger charge is 2.14. The van der Waals surface area contributed by atoms with Crippen LogP contribution in [0, 0.1) is 5.92 Å². The van der Waals surface area contributed by atoms with Gasteiger partial charge in [-0.25, -0.2) is 0 Å². The maximum atomic E-state index is 12.1. The standard InChI is InChI=1S/C18H22N2O/c1-4-17(13(2)3)14-7-5-9-16(11-14)20-18(21)15-8-6-10-19-12-15/h5-13,17H,4H2,1-3H3,(H,20,21). The molecule has 0 aliphatic rings. The van der Waals surface area contributed by atoms with Gasteiger partial charge >= 0.3 is 0 Å². The number of aromatic nitrogens is 1. The van der Waals surface area contributed by atoms with Gasteiger partial charge in [0.2, 0.25) is 0 Å². The van der Waals surface area contributed by atoms with Crippen molar-refractivity contribution in [2.45, 2.75) is 33.1 Å². The van der Waals surface area contributed by atoms with Crippen LogP contribution in [-0.4, -0.2) is 10.9 Å². The van der Waals surface area contributed by atoms with Crippen LogP contribution in [0.3, 0.4) is 0 Å². The number of nitrogens with zero attached hydrogens (tertiary/aromatic N) is 1. The minimum absolute atomic E-state index is 0.127. The predicted octanol–water partition coefficient (Wildman–Crippen LogP) is 4.48. The summed E-state index contributed by atoms with van der Waals surface area (Å²) in [5.41, 5.74) is 2.68. The summed E-state index contributed by atoms with van der Waals surface area (Å²) in [6.45, 7) is 6.66. The summed E-state index contributed by atoms with van der Waals surface area (Å²) in [6, 6.07) is 11.6. The summed E-state index contributed by atoms with van der Waals surface area (Å²) in [5, 5.41) is 2.94. The molecule has 0 fully saturated rings. The Morgan fingerprint density at radius 1 is 1.24 bits per heavy atom. The minimum Gasteiger partial charge on any atom is -0.322 e. The Kier molecular flexibility index (Phi) is 5.09. The highest BCUT2D eigenvalue weighted by molar-refractivity contribution is 6.04. The zero-order valence-corrected chi connectivity index (χ0v) is 12.8. The van der Waals surface area contributed by atoms with E-state index in [-0.39, 0.29) is 5.91 Å². The molecule has 1 aromatic carbocycles. The third-order valence-corrected chi connectivity index (χ3v) is 3.74. The number of pyridine rings is 1. The third-order valence-electron chi connectivity index (χ3n) is 3.74. The van der Waals surface area contributed by atoms with E-state index in [2.05, 4.69) is 43.2 Å². The molecule has 1 unspecified atom stereocenters. The Labute approximate surface area is 126 Å². The lowest BCUT2D eigenvalue weighted by molar-refractivity contribution is 0.102. The van der Waals surface area contributed by atoms with E-state index in [1.165, 1.54) is 5.56 Å². The molecule has 0 aliphatic heterocycles. The molecule has 3 heteroatoms. The van der Waals surface area contributed by atoms with Crippen LogP contribution in [0.2, 0.25) is 0 Å². The second kappa shape index (κ2) is 7.02. The Bertz CT molecular complexity index is 593. The van der Waals surface area contributed by atoms with Crippen LogP contribution in [0.1, 0.15) is 49.0 Å². The molecular weight excluding hydrogens is 260 g/mol. The first-order chi connectivity index (χ1) is 10.1. The lowest BCUT2D eigenvalue weighted by atomic mass is 9.86. The predicted molar refractivity (Wildman–Crippen MR) is 86.5 cm³/mol. The fourth-order valence-electron chi connectivity index (χ4n) is 2.64. The average Bonchev–Trinajstić information content (AvgIpc) is 2.49. The van der Waals surface area contributed by atoms with Gasteiger partial charge in [0.05, 0.1) is 5.56 Å². The molecular formula is C18H22N2O. The molecule has 0 radical (unpaired) electrons. The highest BCUT2D eigenvalue weighted by Crippen LogP contribution is 2.29. The van der Waals surface area contributed by atoms with Crippen LogP contribution in [-0.2, 0) is 0 Å². The number of benzene rings is 1. The molecule has 110 valence electrons. The fraction of sp³-hybridized carbons (Fsp3) is 0.333. The molecule has 2 aromatic rings. The van der Waals surface area contributed by atoms with Crippen molar-refractivity contribution in [2.24, 2.45) is 5.92 Å². The van der Waals surface area contributed by atoms with Gasteiger partial charge in [-0.3, -0.25) is 9.78 Å². The summed E-state index contributed by atoms with van der Waals surface area (Å²) in [7, 11) is 0. The number of nitrogens with one attached hydrogen (secondary N) is 1. The summed E-state index contributed by atoms with van der Waals surface area (Å²) < 4.78 is 0. The van der Waals surface area contributed by atoms with Crippen molar-refractivity contribution in [2.75, 3.05) is 5.32 Å². The van der Waals surface area contributed by atoms with E-state index in [1.807, 2.05) is 12.1 Å². The lowest BCUT2D eigenvalue weighted by Gasteiger charge is -2.20. The first kappa shape index (κ1) is 15.2. The van der Waals surface area contributed by atoms with Crippen molar-refractivity contribution in [1.82, 2.24) is 4.98 Å². The molecule has 21 heavy (non-hydrogen) atoms. The SMILES string of the molecule is CCC(c1cccc(NC(=O)c2cccnc2)c1)C(C)C. The van der Waals surface area contributed by atoms with Crippen LogP contribution in [0.5, 0.6) is 0 Å². The van der Waals surface area contributed by atoms with Gasteiger partial charge in [-0.2, -0.15) is 0 Å². The number of carbonyl (C=O) groups is 1. The number of anilines is 1. The van der Waals surface area contributed by atoms with Crippen molar-refractivity contribution in [1.29, 1.82) is 0 Å². The number of hydrogen-bond acceptors (Lipinski definition) is 2. The zero-order chi connectivity index (χ0) is 15.2. The number of hydrogen-bond donors (Lipinski definition) is 1. The molecule has 1 atom stereocenters. The van der Waals surface area contributed by atoms with E-state index < -0.39 is 0 Å². The van der Waals surface area contributed by atoms with Gasteiger partial charge in [-0.1, -0.05) is 32.9 Å². The minimum atomic E-state index is -0.127. The maximum absolute atomic E-state index is 12.1. The summed E-state index contributed by atoms with van der Waals surface area (Å²) in [5.74, 6) is 0.970. The molecule has 2 rings (SSSR count). The van der Waals surface area contributed by atoms with Crippen LogP contribution in [0.25, 0.3) is 0 Å². The van der Waals surface area contributed by atoms with Crippen molar-refractivity contribution in [3.05, 3.63) is 59.9 Å². The Morgan fingerprint density at radius 2 is 2.05 bits per heavy atom. The maximum Gasteiger partial charge on any atom is 0.257 e. The third kappa shape index (κ3) is 3.91. The van der Waals surface area contributed by atoms with Crippen molar-refractivity contribution < 1.29 is 4.79 Å². The van der Waals surface area contributed by atoms with E-state index >= 15 is 0 Å². The first-order valence-corrected chi connectivity index (χ1v) is 7.43. The molecule has 0 bridgehead atoms. The number of rotatable bonds is 5. The van der Waals surface area contributed by atoms with Gasteiger partial charge in [0.1, 0.15) is 0 Å².